The van der Waals surface area contributed by atoms with Crippen LogP contribution in [0.1, 0.15) is 18.1 Å². The van der Waals surface area contributed by atoms with Gasteiger partial charge in [0.2, 0.25) is 10.0 Å². The molecule has 1 aromatic carbocycles. The van der Waals surface area contributed by atoms with Crippen molar-refractivity contribution in [3.8, 4) is 0 Å². The van der Waals surface area contributed by atoms with Crippen LogP contribution in [-0.2, 0) is 23.6 Å². The predicted octanol–water partition coefficient (Wildman–Crippen LogP) is 2.09. The van der Waals surface area contributed by atoms with Crippen molar-refractivity contribution in [2.24, 2.45) is 12.0 Å². The molecule has 0 fully saturated rings. The van der Waals surface area contributed by atoms with E-state index in [9.17, 15) is 8.42 Å². The van der Waals surface area contributed by atoms with Crippen LogP contribution in [0.3, 0.4) is 0 Å². The molecule has 0 aliphatic rings. The molecule has 0 radical (unpaired) electrons. The first-order chi connectivity index (χ1) is 13.4. The first-order valence-corrected chi connectivity index (χ1v) is 11.8. The molecule has 28 heavy (non-hydrogen) atoms. The van der Waals surface area contributed by atoms with Gasteiger partial charge in [-0.25, -0.2) is 18.1 Å². The van der Waals surface area contributed by atoms with Crippen LogP contribution < -0.4 is 15.4 Å². The number of aryl methyl sites for hydroxylation is 2. The summed E-state index contributed by atoms with van der Waals surface area (Å²) in [6, 6.07) is 7.92. The molecule has 0 saturated carbocycles. The Morgan fingerprint density at radius 2 is 2.00 bits per heavy atom. The fraction of sp³-hybridized carbons (Fsp3) is 0.421. The normalized spacial score (nSPS) is 12.2. The molecule has 0 aliphatic heterocycles. The summed E-state index contributed by atoms with van der Waals surface area (Å²) in [5, 5.41) is 6.35. The molecule has 154 valence electrons. The monoisotopic (exact) mass is 423 g/mol. The lowest BCUT2D eigenvalue weighted by molar-refractivity contribution is 0.580. The van der Waals surface area contributed by atoms with Crippen LogP contribution in [0.4, 0.5) is 0 Å². The molecule has 0 spiro atoms. The summed E-state index contributed by atoms with van der Waals surface area (Å²) in [5.41, 5.74) is 2.40. The molecule has 9 heteroatoms. The van der Waals surface area contributed by atoms with E-state index in [0.29, 0.717) is 19.0 Å². The minimum Gasteiger partial charge on any atom is -0.357 e. The Morgan fingerprint density at radius 1 is 1.21 bits per heavy atom. The molecule has 0 unspecified atom stereocenters. The molecular formula is C19H29N5O2S2. The molecule has 2 aromatic rings. The Morgan fingerprint density at radius 3 is 2.64 bits per heavy atom. The van der Waals surface area contributed by atoms with Crippen molar-refractivity contribution in [3.05, 3.63) is 47.8 Å². The van der Waals surface area contributed by atoms with Gasteiger partial charge in [-0.3, -0.25) is 0 Å². The molecule has 3 N–H and O–H groups in total. The molecule has 7 nitrogen and oxygen atoms in total. The molecular weight excluding hydrogens is 394 g/mol. The van der Waals surface area contributed by atoms with Gasteiger partial charge in [0.25, 0.3) is 0 Å². The van der Waals surface area contributed by atoms with Gasteiger partial charge in [-0.05, 0) is 43.4 Å². The third-order valence-corrected chi connectivity index (χ3v) is 6.29. The minimum atomic E-state index is -3.49. The summed E-state index contributed by atoms with van der Waals surface area (Å²) in [5.74, 6) is 0.661. The number of aliphatic imine (C=N–C) groups is 1. The Balaban J connectivity index is 1.91. The average molecular weight is 424 g/mol. The van der Waals surface area contributed by atoms with Gasteiger partial charge in [-0.1, -0.05) is 12.1 Å². The van der Waals surface area contributed by atoms with Gasteiger partial charge in [0.15, 0.2) is 5.96 Å². The predicted molar refractivity (Wildman–Crippen MR) is 116 cm³/mol. The third kappa shape index (κ3) is 6.57. The summed E-state index contributed by atoms with van der Waals surface area (Å²) < 4.78 is 28.7. The fourth-order valence-corrected chi connectivity index (χ4v) is 4.36. The zero-order valence-electron chi connectivity index (χ0n) is 16.8. The Bertz CT molecular complexity index is 907. The van der Waals surface area contributed by atoms with Crippen LogP contribution in [0.25, 0.3) is 0 Å². The standard InChI is InChI=1S/C19H29N5O2S2/c1-5-20-19(22-13-16-7-6-15(2)12-18(16)27-4)21-9-10-23-28(25,26)17-8-11-24(3)14-17/h6-8,11-12,14,23H,5,9-10,13H2,1-4H3,(H2,20,21,22). The molecule has 0 aliphatic carbocycles. The van der Waals surface area contributed by atoms with Crippen LogP contribution in [-0.4, -0.2) is 44.8 Å². The molecule has 0 atom stereocenters. The Labute approximate surface area is 172 Å². The van der Waals surface area contributed by atoms with E-state index in [-0.39, 0.29) is 11.4 Å². The van der Waals surface area contributed by atoms with Crippen molar-refractivity contribution in [1.82, 2.24) is 19.9 Å². The number of nitrogens with zero attached hydrogens (tertiary/aromatic N) is 2. The lowest BCUT2D eigenvalue weighted by Gasteiger charge is -2.13. The third-order valence-electron chi connectivity index (χ3n) is 4.02. The van der Waals surface area contributed by atoms with Crippen molar-refractivity contribution in [1.29, 1.82) is 0 Å². The van der Waals surface area contributed by atoms with E-state index in [1.807, 2.05) is 6.92 Å². The molecule has 0 bridgehead atoms. The minimum absolute atomic E-state index is 0.263. The lowest BCUT2D eigenvalue weighted by atomic mass is 10.1. The number of rotatable bonds is 9. The second-order valence-electron chi connectivity index (χ2n) is 6.35. The number of hydrogen-bond acceptors (Lipinski definition) is 4. The first-order valence-electron chi connectivity index (χ1n) is 9.13. The SMILES string of the molecule is CCNC(=NCc1ccc(C)cc1SC)NCCNS(=O)(=O)c1ccn(C)c1. The van der Waals surface area contributed by atoms with Gasteiger partial charge in [-0.2, -0.15) is 0 Å². The maximum Gasteiger partial charge on any atom is 0.242 e. The highest BCUT2D eigenvalue weighted by Crippen LogP contribution is 2.22. The smallest absolute Gasteiger partial charge is 0.242 e. The van der Waals surface area contributed by atoms with E-state index >= 15 is 0 Å². The van der Waals surface area contributed by atoms with Gasteiger partial charge < -0.3 is 15.2 Å². The van der Waals surface area contributed by atoms with E-state index in [2.05, 4.69) is 51.7 Å². The van der Waals surface area contributed by atoms with Crippen molar-refractivity contribution < 1.29 is 8.42 Å². The molecule has 0 amide bonds. The van der Waals surface area contributed by atoms with Crippen molar-refractivity contribution in [2.45, 2.75) is 30.2 Å². The van der Waals surface area contributed by atoms with Gasteiger partial charge in [0.05, 0.1) is 11.4 Å². The quantitative estimate of drug-likeness (QED) is 0.249. The number of hydrogen-bond donors (Lipinski definition) is 3. The second-order valence-corrected chi connectivity index (χ2v) is 8.96. The first kappa shape index (κ1) is 22.3. The zero-order valence-corrected chi connectivity index (χ0v) is 18.5. The number of thioether (sulfide) groups is 1. The summed E-state index contributed by atoms with van der Waals surface area (Å²) in [4.78, 5) is 6.10. The summed E-state index contributed by atoms with van der Waals surface area (Å²) in [7, 11) is -1.70. The van der Waals surface area contributed by atoms with Crippen molar-refractivity contribution >= 4 is 27.7 Å². The van der Waals surface area contributed by atoms with Crippen LogP contribution in [0.5, 0.6) is 0 Å². The number of nitrogens with one attached hydrogen (secondary N) is 3. The zero-order chi connectivity index (χ0) is 20.6. The van der Waals surface area contributed by atoms with E-state index in [0.717, 1.165) is 6.54 Å². The fourth-order valence-electron chi connectivity index (χ4n) is 2.57. The van der Waals surface area contributed by atoms with E-state index in [4.69, 9.17) is 0 Å². The van der Waals surface area contributed by atoms with Gasteiger partial charge >= 0.3 is 0 Å². The summed E-state index contributed by atoms with van der Waals surface area (Å²) >= 11 is 1.71. The summed E-state index contributed by atoms with van der Waals surface area (Å²) in [6.45, 7) is 6.05. The molecule has 1 aromatic heterocycles. The number of aromatic nitrogens is 1. The number of benzene rings is 1. The van der Waals surface area contributed by atoms with E-state index in [1.165, 1.54) is 16.0 Å². The van der Waals surface area contributed by atoms with Crippen LogP contribution in [0.2, 0.25) is 0 Å². The largest absolute Gasteiger partial charge is 0.357 e. The highest BCUT2D eigenvalue weighted by atomic mass is 32.2. The van der Waals surface area contributed by atoms with Crippen molar-refractivity contribution in [3.63, 3.8) is 0 Å². The maximum atomic E-state index is 12.2. The molecule has 2 rings (SSSR count). The number of guanidine groups is 1. The Hall–Kier alpha value is -1.97. The van der Waals surface area contributed by atoms with Gasteiger partial charge in [0, 0.05) is 44.0 Å². The number of sulfonamides is 1. The van der Waals surface area contributed by atoms with Crippen LogP contribution >= 0.6 is 11.8 Å². The lowest BCUT2D eigenvalue weighted by Crippen LogP contribution is -2.41. The highest BCUT2D eigenvalue weighted by molar-refractivity contribution is 7.98. The van der Waals surface area contributed by atoms with E-state index in [1.54, 1.807) is 41.8 Å². The van der Waals surface area contributed by atoms with Gasteiger partial charge in [-0.15, -0.1) is 11.8 Å². The Kier molecular flexibility index (Phi) is 8.40. The molecule has 1 heterocycles. The molecule has 0 saturated heterocycles. The highest BCUT2D eigenvalue weighted by Gasteiger charge is 2.14. The van der Waals surface area contributed by atoms with Gasteiger partial charge in [0.1, 0.15) is 0 Å². The van der Waals surface area contributed by atoms with Crippen LogP contribution in [0, 0.1) is 6.92 Å². The second kappa shape index (κ2) is 10.5. The average Bonchev–Trinajstić information content (AvgIpc) is 3.11. The topological polar surface area (TPSA) is 87.5 Å². The van der Waals surface area contributed by atoms with E-state index < -0.39 is 10.0 Å². The summed E-state index contributed by atoms with van der Waals surface area (Å²) in [6.07, 6.45) is 5.34. The van der Waals surface area contributed by atoms with Crippen LogP contribution in [0.15, 0.2) is 51.4 Å². The maximum absolute atomic E-state index is 12.2. The van der Waals surface area contributed by atoms with Crippen molar-refractivity contribution in [2.75, 3.05) is 25.9 Å².